The molecule has 3 N–H and O–H groups in total. The van der Waals surface area contributed by atoms with Crippen LogP contribution in [0.3, 0.4) is 0 Å². The van der Waals surface area contributed by atoms with Crippen molar-refractivity contribution in [3.05, 3.63) is 24.0 Å². The Morgan fingerprint density at radius 3 is 2.65 bits per heavy atom. The molecule has 92 valence electrons. The number of H-pyrrole nitrogens is 2. The second-order valence-corrected chi connectivity index (χ2v) is 5.26. The fourth-order valence-corrected chi connectivity index (χ4v) is 2.73. The van der Waals surface area contributed by atoms with Crippen molar-refractivity contribution in [2.24, 2.45) is 0 Å². The molecule has 2 aromatic heterocycles. The third kappa shape index (κ3) is 2.34. The fourth-order valence-electron chi connectivity index (χ4n) is 1.39. The summed E-state index contributed by atoms with van der Waals surface area (Å²) in [7, 11) is -3.60. The Morgan fingerprint density at radius 2 is 2.12 bits per heavy atom. The number of hydrogen-bond donors (Lipinski definition) is 3. The molecule has 2 aromatic rings. The Balaban J connectivity index is 2.22. The van der Waals surface area contributed by atoms with Gasteiger partial charge in [0.15, 0.2) is 0 Å². The molecule has 0 radical (unpaired) electrons. The van der Waals surface area contributed by atoms with Gasteiger partial charge in [-0.25, -0.2) is 18.1 Å². The van der Waals surface area contributed by atoms with E-state index in [1.807, 2.05) is 0 Å². The highest BCUT2D eigenvalue weighted by Crippen LogP contribution is 2.15. The molecule has 0 saturated heterocycles. The van der Waals surface area contributed by atoms with Crippen LogP contribution in [0.4, 0.5) is 0 Å². The van der Waals surface area contributed by atoms with Gasteiger partial charge in [0.2, 0.25) is 10.0 Å². The SMILES string of the molecule is Cc1[nH]ncc1S(=O)(=O)NC(C)c1ncn[nH]1. The largest absolute Gasteiger partial charge is 0.281 e. The number of rotatable bonds is 4. The summed E-state index contributed by atoms with van der Waals surface area (Å²) < 4.78 is 26.5. The van der Waals surface area contributed by atoms with Crippen LogP contribution in [0.25, 0.3) is 0 Å². The molecule has 0 saturated carbocycles. The smallest absolute Gasteiger partial charge is 0.244 e. The van der Waals surface area contributed by atoms with Crippen LogP contribution in [0.15, 0.2) is 17.4 Å². The number of nitrogens with zero attached hydrogens (tertiary/aromatic N) is 3. The number of sulfonamides is 1. The maximum absolute atomic E-state index is 12.0. The molecule has 0 aliphatic carbocycles. The number of hydrogen-bond acceptors (Lipinski definition) is 5. The van der Waals surface area contributed by atoms with Gasteiger partial charge in [0.05, 0.1) is 17.9 Å². The molecule has 8 nitrogen and oxygen atoms in total. The third-order valence-electron chi connectivity index (χ3n) is 2.25. The van der Waals surface area contributed by atoms with Crippen molar-refractivity contribution < 1.29 is 8.42 Å². The minimum Gasteiger partial charge on any atom is -0.281 e. The topological polar surface area (TPSA) is 116 Å². The second-order valence-electron chi connectivity index (χ2n) is 3.57. The number of aromatic amines is 2. The third-order valence-corrected chi connectivity index (χ3v) is 3.90. The molecule has 0 bridgehead atoms. The molecule has 9 heteroatoms. The van der Waals surface area contributed by atoms with E-state index in [2.05, 4.69) is 30.1 Å². The van der Waals surface area contributed by atoms with E-state index in [1.54, 1.807) is 13.8 Å². The monoisotopic (exact) mass is 256 g/mol. The summed E-state index contributed by atoms with van der Waals surface area (Å²) in [6.07, 6.45) is 2.59. The summed E-state index contributed by atoms with van der Waals surface area (Å²) in [5.41, 5.74) is 0.488. The van der Waals surface area contributed by atoms with Crippen molar-refractivity contribution in [3.63, 3.8) is 0 Å². The molecule has 0 aliphatic heterocycles. The maximum atomic E-state index is 12.0. The van der Waals surface area contributed by atoms with E-state index < -0.39 is 16.1 Å². The number of aromatic nitrogens is 5. The highest BCUT2D eigenvalue weighted by molar-refractivity contribution is 7.89. The first-order chi connectivity index (χ1) is 8.00. The molecule has 0 spiro atoms. The molecule has 1 unspecified atom stereocenters. The van der Waals surface area contributed by atoms with Gasteiger partial charge in [-0.1, -0.05) is 0 Å². The Labute approximate surface area is 97.9 Å². The predicted octanol–water partition coefficient (Wildman–Crippen LogP) is -0.124. The van der Waals surface area contributed by atoms with Crippen LogP contribution in [0.1, 0.15) is 24.5 Å². The van der Waals surface area contributed by atoms with E-state index in [1.165, 1.54) is 12.5 Å². The Hall–Kier alpha value is -1.74. The lowest BCUT2D eigenvalue weighted by Crippen LogP contribution is -2.27. The van der Waals surface area contributed by atoms with Crippen LogP contribution < -0.4 is 4.72 Å². The van der Waals surface area contributed by atoms with Gasteiger partial charge in [-0.2, -0.15) is 10.2 Å². The van der Waals surface area contributed by atoms with Gasteiger partial charge in [0.25, 0.3) is 0 Å². The van der Waals surface area contributed by atoms with Crippen molar-refractivity contribution in [2.45, 2.75) is 24.8 Å². The average molecular weight is 256 g/mol. The summed E-state index contributed by atoms with van der Waals surface area (Å²) in [6, 6.07) is -0.489. The van der Waals surface area contributed by atoms with Gasteiger partial charge in [-0.15, -0.1) is 0 Å². The van der Waals surface area contributed by atoms with E-state index in [9.17, 15) is 8.42 Å². The molecule has 0 fully saturated rings. The van der Waals surface area contributed by atoms with E-state index in [4.69, 9.17) is 0 Å². The van der Waals surface area contributed by atoms with E-state index in [0.717, 1.165) is 0 Å². The zero-order valence-electron chi connectivity index (χ0n) is 9.30. The zero-order chi connectivity index (χ0) is 12.5. The van der Waals surface area contributed by atoms with Crippen LogP contribution in [0, 0.1) is 6.92 Å². The zero-order valence-corrected chi connectivity index (χ0v) is 10.1. The molecule has 0 aromatic carbocycles. The Kier molecular flexibility index (Phi) is 2.94. The molecule has 1 atom stereocenters. The van der Waals surface area contributed by atoms with Gasteiger partial charge in [0, 0.05) is 0 Å². The lowest BCUT2D eigenvalue weighted by atomic mass is 10.3. The van der Waals surface area contributed by atoms with Crippen molar-refractivity contribution >= 4 is 10.0 Å². The number of nitrogens with one attached hydrogen (secondary N) is 3. The van der Waals surface area contributed by atoms with Crippen LogP contribution in [-0.2, 0) is 10.0 Å². The first-order valence-electron chi connectivity index (χ1n) is 4.88. The second kappa shape index (κ2) is 4.26. The lowest BCUT2D eigenvalue weighted by Gasteiger charge is -2.10. The number of aryl methyl sites for hydroxylation is 1. The summed E-state index contributed by atoms with van der Waals surface area (Å²) in [6.45, 7) is 3.31. The van der Waals surface area contributed by atoms with Crippen molar-refractivity contribution in [2.75, 3.05) is 0 Å². The summed E-state index contributed by atoms with van der Waals surface area (Å²) in [4.78, 5) is 4.02. The van der Waals surface area contributed by atoms with E-state index >= 15 is 0 Å². The standard InChI is InChI=1S/C8H12N6O2S/c1-5-7(3-10-12-5)17(15,16)14-6(2)8-9-4-11-13-8/h3-4,6,14H,1-2H3,(H,10,12)(H,9,11,13). The predicted molar refractivity (Wildman–Crippen MR) is 58.4 cm³/mol. The quantitative estimate of drug-likeness (QED) is 0.705. The fraction of sp³-hybridized carbons (Fsp3) is 0.375. The van der Waals surface area contributed by atoms with Crippen LogP contribution in [0.5, 0.6) is 0 Å². The molecular formula is C8H12N6O2S. The Morgan fingerprint density at radius 1 is 1.35 bits per heavy atom. The van der Waals surface area contributed by atoms with Crippen LogP contribution >= 0.6 is 0 Å². The first-order valence-corrected chi connectivity index (χ1v) is 6.36. The molecule has 0 aliphatic rings. The summed E-state index contributed by atoms with van der Waals surface area (Å²) >= 11 is 0. The molecule has 17 heavy (non-hydrogen) atoms. The van der Waals surface area contributed by atoms with Gasteiger partial charge < -0.3 is 0 Å². The first kappa shape index (κ1) is 11.7. The minimum absolute atomic E-state index is 0.129. The molecule has 2 heterocycles. The van der Waals surface area contributed by atoms with Crippen molar-refractivity contribution in [1.29, 1.82) is 0 Å². The highest BCUT2D eigenvalue weighted by atomic mass is 32.2. The van der Waals surface area contributed by atoms with Gasteiger partial charge in [-0.3, -0.25) is 10.2 Å². The van der Waals surface area contributed by atoms with E-state index in [0.29, 0.717) is 11.5 Å². The summed E-state index contributed by atoms with van der Waals surface area (Å²) in [5, 5.41) is 12.5. The molecule has 0 amide bonds. The molecular weight excluding hydrogens is 244 g/mol. The van der Waals surface area contributed by atoms with Crippen LogP contribution in [0.2, 0.25) is 0 Å². The van der Waals surface area contributed by atoms with Crippen LogP contribution in [-0.4, -0.2) is 33.8 Å². The van der Waals surface area contributed by atoms with Gasteiger partial charge in [-0.05, 0) is 13.8 Å². The van der Waals surface area contributed by atoms with Gasteiger partial charge >= 0.3 is 0 Å². The minimum atomic E-state index is -3.60. The molecule has 2 rings (SSSR count). The summed E-state index contributed by atoms with van der Waals surface area (Å²) in [5.74, 6) is 0.453. The Bertz CT molecular complexity index is 587. The van der Waals surface area contributed by atoms with E-state index in [-0.39, 0.29) is 4.90 Å². The van der Waals surface area contributed by atoms with Gasteiger partial charge in [0.1, 0.15) is 17.0 Å². The van der Waals surface area contributed by atoms with Crippen molar-refractivity contribution in [1.82, 2.24) is 30.1 Å². The lowest BCUT2D eigenvalue weighted by molar-refractivity contribution is 0.560. The normalized spacial score (nSPS) is 13.8. The van der Waals surface area contributed by atoms with Crippen molar-refractivity contribution in [3.8, 4) is 0 Å². The highest BCUT2D eigenvalue weighted by Gasteiger charge is 2.22. The maximum Gasteiger partial charge on any atom is 0.244 e. The average Bonchev–Trinajstić information content (AvgIpc) is 2.85.